The van der Waals surface area contributed by atoms with E-state index in [1.54, 1.807) is 0 Å². The van der Waals surface area contributed by atoms with Gasteiger partial charge in [0.2, 0.25) is 5.91 Å². The first-order valence-electron chi connectivity index (χ1n) is 6.67. The molecule has 0 aromatic carbocycles. The molecule has 0 aliphatic rings. The molecule has 1 amide bonds. The van der Waals surface area contributed by atoms with Crippen LogP contribution in [0.5, 0.6) is 0 Å². The van der Waals surface area contributed by atoms with Crippen molar-refractivity contribution in [2.75, 3.05) is 18.6 Å². The minimum atomic E-state index is -3.14. The van der Waals surface area contributed by atoms with Crippen molar-refractivity contribution in [3.63, 3.8) is 0 Å². The van der Waals surface area contributed by atoms with E-state index in [-0.39, 0.29) is 24.0 Å². The third-order valence-corrected chi connectivity index (χ3v) is 4.09. The first-order valence-corrected chi connectivity index (χ1v) is 8.73. The van der Waals surface area contributed by atoms with Crippen LogP contribution in [0.2, 0.25) is 0 Å². The van der Waals surface area contributed by atoms with Crippen LogP contribution in [0, 0.1) is 5.41 Å². The monoisotopic (exact) mass is 307 g/mol. The maximum atomic E-state index is 12.4. The summed E-state index contributed by atoms with van der Waals surface area (Å²) in [5.74, 6) is -0.651. The lowest BCUT2D eigenvalue weighted by Gasteiger charge is -2.30. The molecule has 20 heavy (non-hydrogen) atoms. The lowest BCUT2D eigenvalue weighted by molar-refractivity contribution is -0.128. The Morgan fingerprint density at radius 2 is 1.80 bits per heavy atom. The Morgan fingerprint density at radius 1 is 1.30 bits per heavy atom. The van der Waals surface area contributed by atoms with Crippen LogP contribution in [0.4, 0.5) is 0 Å². The van der Waals surface area contributed by atoms with Crippen LogP contribution in [0.15, 0.2) is 5.16 Å². The summed E-state index contributed by atoms with van der Waals surface area (Å²) in [6.45, 7) is 3.82. The molecule has 0 radical (unpaired) electrons. The van der Waals surface area contributed by atoms with Gasteiger partial charge in [0.25, 0.3) is 0 Å². The van der Waals surface area contributed by atoms with Gasteiger partial charge in [0.15, 0.2) is 5.84 Å². The fourth-order valence-corrected chi connectivity index (χ4v) is 2.67. The predicted octanol–water partition coefficient (Wildman–Crippen LogP) is 0.480. The summed E-state index contributed by atoms with van der Waals surface area (Å²) >= 11 is 0. The second kappa shape index (κ2) is 8.08. The smallest absolute Gasteiger partial charge is 0.233 e. The van der Waals surface area contributed by atoms with E-state index >= 15 is 0 Å². The number of hydrogen-bond donors (Lipinski definition) is 3. The average molecular weight is 307 g/mol. The van der Waals surface area contributed by atoms with Gasteiger partial charge in [0, 0.05) is 12.8 Å². The SMILES string of the molecule is CCCC(CCC)(C(=O)NCCS(C)(=O)=O)C(N)=NO. The van der Waals surface area contributed by atoms with E-state index in [1.165, 1.54) is 0 Å². The molecule has 0 fully saturated rings. The van der Waals surface area contributed by atoms with Crippen molar-refractivity contribution in [1.29, 1.82) is 0 Å². The molecule has 0 bridgehead atoms. The molecular weight excluding hydrogens is 282 g/mol. The Balaban J connectivity index is 5.05. The number of nitrogens with two attached hydrogens (primary N) is 1. The van der Waals surface area contributed by atoms with Gasteiger partial charge in [-0.3, -0.25) is 4.79 Å². The van der Waals surface area contributed by atoms with Crippen molar-refractivity contribution in [2.45, 2.75) is 39.5 Å². The highest BCUT2D eigenvalue weighted by Crippen LogP contribution is 2.30. The Labute approximate surface area is 120 Å². The molecule has 8 heteroatoms. The quantitative estimate of drug-likeness (QED) is 0.247. The zero-order chi connectivity index (χ0) is 15.8. The van der Waals surface area contributed by atoms with E-state index in [2.05, 4.69) is 10.5 Å². The van der Waals surface area contributed by atoms with E-state index in [0.717, 1.165) is 6.26 Å². The van der Waals surface area contributed by atoms with Gasteiger partial charge in [0.1, 0.15) is 15.3 Å². The molecule has 0 unspecified atom stereocenters. The minimum absolute atomic E-state index is 0.0194. The number of carbonyl (C=O) groups excluding carboxylic acids is 1. The molecule has 118 valence electrons. The number of sulfone groups is 1. The summed E-state index contributed by atoms with van der Waals surface area (Å²) in [7, 11) is -3.14. The first-order chi connectivity index (χ1) is 9.23. The molecule has 0 aromatic heterocycles. The van der Waals surface area contributed by atoms with E-state index < -0.39 is 15.3 Å². The number of nitrogens with one attached hydrogen (secondary N) is 1. The van der Waals surface area contributed by atoms with Gasteiger partial charge in [-0.25, -0.2) is 8.42 Å². The average Bonchev–Trinajstić information content (AvgIpc) is 2.35. The summed E-state index contributed by atoms with van der Waals surface area (Å²) in [5.41, 5.74) is 4.63. The van der Waals surface area contributed by atoms with Crippen LogP contribution in [0.3, 0.4) is 0 Å². The van der Waals surface area contributed by atoms with Crippen LogP contribution in [0.25, 0.3) is 0 Å². The molecule has 0 saturated carbocycles. The third kappa shape index (κ3) is 5.36. The molecule has 0 heterocycles. The summed E-state index contributed by atoms with van der Waals surface area (Å²) in [6.07, 6.45) is 3.38. The van der Waals surface area contributed by atoms with E-state index in [1.807, 2.05) is 13.8 Å². The maximum Gasteiger partial charge on any atom is 0.233 e. The van der Waals surface area contributed by atoms with Crippen LogP contribution in [0.1, 0.15) is 39.5 Å². The number of carbonyl (C=O) groups is 1. The Morgan fingerprint density at radius 3 is 2.15 bits per heavy atom. The van der Waals surface area contributed by atoms with Gasteiger partial charge in [-0.15, -0.1) is 0 Å². The highest BCUT2D eigenvalue weighted by molar-refractivity contribution is 7.90. The van der Waals surface area contributed by atoms with Gasteiger partial charge in [-0.05, 0) is 12.8 Å². The molecule has 0 aliphatic carbocycles. The second-order valence-corrected chi connectivity index (χ2v) is 7.21. The number of rotatable bonds is 9. The number of amidine groups is 1. The Kier molecular flexibility index (Phi) is 7.55. The largest absolute Gasteiger partial charge is 0.409 e. The minimum Gasteiger partial charge on any atom is -0.409 e. The molecule has 0 spiro atoms. The molecule has 0 saturated heterocycles. The van der Waals surface area contributed by atoms with Crippen molar-refractivity contribution in [3.8, 4) is 0 Å². The third-order valence-electron chi connectivity index (χ3n) is 3.14. The number of oxime groups is 1. The molecule has 7 nitrogen and oxygen atoms in total. The standard InChI is InChI=1S/C12H25N3O4S/c1-4-6-12(7-5-2,10(13)15-17)11(16)14-8-9-20(3,18)19/h17H,4-9H2,1-3H3,(H2,13,15)(H,14,16). The summed E-state index contributed by atoms with van der Waals surface area (Å²) in [4.78, 5) is 12.4. The van der Waals surface area contributed by atoms with Gasteiger partial charge in [-0.2, -0.15) is 0 Å². The van der Waals surface area contributed by atoms with Crippen LogP contribution in [-0.2, 0) is 14.6 Å². The number of hydrogen-bond acceptors (Lipinski definition) is 5. The topological polar surface area (TPSA) is 122 Å². The van der Waals surface area contributed by atoms with Crippen molar-refractivity contribution in [1.82, 2.24) is 5.32 Å². The Hall–Kier alpha value is -1.31. The van der Waals surface area contributed by atoms with E-state index in [9.17, 15) is 13.2 Å². The molecule has 4 N–H and O–H groups in total. The molecule has 0 aliphatic heterocycles. The van der Waals surface area contributed by atoms with Crippen LogP contribution >= 0.6 is 0 Å². The first kappa shape index (κ1) is 18.7. The molecular formula is C12H25N3O4S. The second-order valence-electron chi connectivity index (χ2n) is 4.95. The molecule has 0 rings (SSSR count). The highest BCUT2D eigenvalue weighted by Gasteiger charge is 2.41. The summed E-state index contributed by atoms with van der Waals surface area (Å²) < 4.78 is 22.1. The normalized spacial score (nSPS) is 13.2. The van der Waals surface area contributed by atoms with Crippen LogP contribution in [-0.4, -0.2) is 43.9 Å². The highest BCUT2D eigenvalue weighted by atomic mass is 32.2. The van der Waals surface area contributed by atoms with Crippen molar-refractivity contribution in [2.24, 2.45) is 16.3 Å². The van der Waals surface area contributed by atoms with Gasteiger partial charge in [0.05, 0.1) is 5.75 Å². The van der Waals surface area contributed by atoms with Crippen molar-refractivity contribution in [3.05, 3.63) is 0 Å². The molecule has 0 aromatic rings. The zero-order valence-corrected chi connectivity index (χ0v) is 13.2. The fraction of sp³-hybridized carbons (Fsp3) is 0.833. The summed E-state index contributed by atoms with van der Waals surface area (Å²) in [5, 5.41) is 14.5. The Bertz CT molecular complexity index is 440. The zero-order valence-electron chi connectivity index (χ0n) is 12.3. The lowest BCUT2D eigenvalue weighted by atomic mass is 9.77. The number of nitrogens with zero attached hydrogens (tertiary/aromatic N) is 1. The van der Waals surface area contributed by atoms with Crippen molar-refractivity contribution >= 4 is 21.6 Å². The maximum absolute atomic E-state index is 12.4. The van der Waals surface area contributed by atoms with E-state index in [0.29, 0.717) is 25.7 Å². The summed E-state index contributed by atoms with van der Waals surface area (Å²) in [6, 6.07) is 0. The van der Waals surface area contributed by atoms with Gasteiger partial charge >= 0.3 is 0 Å². The van der Waals surface area contributed by atoms with Crippen molar-refractivity contribution < 1.29 is 18.4 Å². The van der Waals surface area contributed by atoms with E-state index in [4.69, 9.17) is 10.9 Å². The lowest BCUT2D eigenvalue weighted by Crippen LogP contribution is -2.50. The van der Waals surface area contributed by atoms with Gasteiger partial charge in [-0.1, -0.05) is 31.8 Å². The van der Waals surface area contributed by atoms with Crippen LogP contribution < -0.4 is 11.1 Å². The predicted molar refractivity (Wildman–Crippen MR) is 78.4 cm³/mol. The van der Waals surface area contributed by atoms with Gasteiger partial charge < -0.3 is 16.3 Å². The fourth-order valence-electron chi connectivity index (χ4n) is 2.19. The number of amides is 1. The molecule has 0 atom stereocenters.